The lowest BCUT2D eigenvalue weighted by Gasteiger charge is -2.17. The lowest BCUT2D eigenvalue weighted by atomic mass is 10.0. The van der Waals surface area contributed by atoms with Gasteiger partial charge in [-0.3, -0.25) is 9.67 Å². The molecule has 166 valence electrons. The van der Waals surface area contributed by atoms with Gasteiger partial charge in [-0.25, -0.2) is 9.97 Å². The van der Waals surface area contributed by atoms with Crippen molar-refractivity contribution in [2.75, 3.05) is 31.1 Å². The van der Waals surface area contributed by atoms with Crippen LogP contribution in [0.25, 0.3) is 33.5 Å². The van der Waals surface area contributed by atoms with Crippen LogP contribution in [0.3, 0.4) is 0 Å². The molecule has 32 heavy (non-hydrogen) atoms. The third-order valence-corrected chi connectivity index (χ3v) is 6.57. The van der Waals surface area contributed by atoms with E-state index in [9.17, 15) is 0 Å². The van der Waals surface area contributed by atoms with Crippen LogP contribution in [0.4, 0.5) is 5.82 Å². The quantitative estimate of drug-likeness (QED) is 0.374. The van der Waals surface area contributed by atoms with Crippen LogP contribution in [0.5, 0.6) is 0 Å². The Kier molecular flexibility index (Phi) is 6.93. The molecule has 0 radical (unpaired) electrons. The zero-order chi connectivity index (χ0) is 22.7. The molecule has 4 rings (SSSR count). The fourth-order valence-electron chi connectivity index (χ4n) is 3.56. The van der Waals surface area contributed by atoms with Crippen LogP contribution in [0.2, 0.25) is 5.02 Å². The highest BCUT2D eigenvalue weighted by molar-refractivity contribution is 7.99. The summed E-state index contributed by atoms with van der Waals surface area (Å²) in [6, 6.07) is 9.71. The molecule has 0 bridgehead atoms. The van der Waals surface area contributed by atoms with Crippen molar-refractivity contribution in [3.05, 3.63) is 47.7 Å². The third-order valence-electron chi connectivity index (χ3n) is 5.32. The number of aryl methyl sites for hydroxylation is 1. The van der Waals surface area contributed by atoms with Crippen molar-refractivity contribution in [2.24, 2.45) is 7.05 Å². The Morgan fingerprint density at radius 1 is 1.12 bits per heavy atom. The van der Waals surface area contributed by atoms with Crippen LogP contribution in [0.1, 0.15) is 13.8 Å². The zero-order valence-corrected chi connectivity index (χ0v) is 20.0. The summed E-state index contributed by atoms with van der Waals surface area (Å²) in [4.78, 5) is 16.4. The van der Waals surface area contributed by atoms with Crippen molar-refractivity contribution in [3.63, 3.8) is 0 Å². The van der Waals surface area contributed by atoms with E-state index < -0.39 is 0 Å². The van der Waals surface area contributed by atoms with Crippen LogP contribution < -0.4 is 5.73 Å². The number of fused-ring (bicyclic) bond motifs is 1. The van der Waals surface area contributed by atoms with E-state index >= 15 is 0 Å². The molecule has 0 aliphatic rings. The molecule has 2 N–H and O–H groups in total. The van der Waals surface area contributed by atoms with E-state index in [0.717, 1.165) is 41.9 Å². The minimum Gasteiger partial charge on any atom is -0.381 e. The van der Waals surface area contributed by atoms with Gasteiger partial charge in [-0.05, 0) is 37.4 Å². The molecule has 3 aromatic heterocycles. The minimum absolute atomic E-state index is 0.410. The molecule has 9 heteroatoms. The highest BCUT2D eigenvalue weighted by Crippen LogP contribution is 2.36. The van der Waals surface area contributed by atoms with Crippen LogP contribution in [0, 0.1) is 0 Å². The summed E-state index contributed by atoms with van der Waals surface area (Å²) in [7, 11) is 1.87. The first-order valence-electron chi connectivity index (χ1n) is 10.6. The van der Waals surface area contributed by atoms with Gasteiger partial charge in [0.05, 0.1) is 16.2 Å². The normalized spacial score (nSPS) is 11.5. The minimum atomic E-state index is 0.410. The smallest absolute Gasteiger partial charge is 0.156 e. The average molecular weight is 468 g/mol. The molecule has 3 heterocycles. The largest absolute Gasteiger partial charge is 0.381 e. The van der Waals surface area contributed by atoms with E-state index in [-0.39, 0.29) is 0 Å². The van der Waals surface area contributed by atoms with Crippen molar-refractivity contribution in [3.8, 4) is 22.6 Å². The van der Waals surface area contributed by atoms with Crippen molar-refractivity contribution in [1.82, 2.24) is 29.6 Å². The van der Waals surface area contributed by atoms with Crippen molar-refractivity contribution in [2.45, 2.75) is 18.9 Å². The van der Waals surface area contributed by atoms with E-state index in [0.29, 0.717) is 32.9 Å². The highest BCUT2D eigenvalue weighted by atomic mass is 35.5. The van der Waals surface area contributed by atoms with E-state index in [4.69, 9.17) is 27.3 Å². The van der Waals surface area contributed by atoms with Gasteiger partial charge in [0, 0.05) is 42.7 Å². The van der Waals surface area contributed by atoms with Gasteiger partial charge >= 0.3 is 0 Å². The lowest BCUT2D eigenvalue weighted by Crippen LogP contribution is -2.25. The summed E-state index contributed by atoms with van der Waals surface area (Å²) in [6.07, 6.45) is 3.61. The zero-order valence-electron chi connectivity index (χ0n) is 18.4. The first-order valence-corrected chi connectivity index (χ1v) is 11.9. The number of benzene rings is 1. The molecule has 0 saturated heterocycles. The Morgan fingerprint density at radius 3 is 2.66 bits per heavy atom. The monoisotopic (exact) mass is 467 g/mol. The first-order chi connectivity index (χ1) is 15.5. The molecule has 0 aliphatic heterocycles. The summed E-state index contributed by atoms with van der Waals surface area (Å²) in [5.41, 5.74) is 10.0. The lowest BCUT2D eigenvalue weighted by molar-refractivity contribution is 0.324. The van der Waals surface area contributed by atoms with Gasteiger partial charge in [-0.1, -0.05) is 31.5 Å². The van der Waals surface area contributed by atoms with Crippen molar-refractivity contribution >= 4 is 40.1 Å². The Morgan fingerprint density at radius 2 is 1.94 bits per heavy atom. The summed E-state index contributed by atoms with van der Waals surface area (Å²) in [6.45, 7) is 7.34. The van der Waals surface area contributed by atoms with Crippen LogP contribution in [0.15, 0.2) is 47.8 Å². The maximum absolute atomic E-state index is 6.57. The molecule has 0 atom stereocenters. The van der Waals surface area contributed by atoms with E-state index in [1.165, 1.54) is 0 Å². The molecular weight excluding hydrogens is 442 g/mol. The third kappa shape index (κ3) is 4.72. The standard InChI is InChI=1S/C23H26ClN7S/c1-4-31(5-2)11-12-32-23-22(25)27-21(18-8-10-30(3)29-18)20(28-23)16-13-15-7-6-9-26-19(15)17(24)14-16/h6-10,13-14H,4-5,11-12H2,1-3H3,(H2,25,27). The van der Waals surface area contributed by atoms with Gasteiger partial charge in [0.25, 0.3) is 0 Å². The van der Waals surface area contributed by atoms with Gasteiger partial charge in [-0.15, -0.1) is 11.8 Å². The Labute approximate surface area is 197 Å². The Balaban J connectivity index is 1.79. The maximum Gasteiger partial charge on any atom is 0.156 e. The number of hydrogen-bond donors (Lipinski definition) is 1. The summed E-state index contributed by atoms with van der Waals surface area (Å²) < 4.78 is 1.74. The number of hydrogen-bond acceptors (Lipinski definition) is 7. The molecule has 7 nitrogen and oxygen atoms in total. The first kappa shape index (κ1) is 22.5. The highest BCUT2D eigenvalue weighted by Gasteiger charge is 2.19. The average Bonchev–Trinajstić information content (AvgIpc) is 3.23. The predicted octanol–water partition coefficient (Wildman–Crippen LogP) is 4.76. The predicted molar refractivity (Wildman–Crippen MR) is 133 cm³/mol. The molecular formula is C23H26ClN7S. The van der Waals surface area contributed by atoms with Crippen LogP contribution in [-0.4, -0.2) is 55.0 Å². The van der Waals surface area contributed by atoms with Gasteiger partial charge in [-0.2, -0.15) is 5.10 Å². The number of rotatable bonds is 8. The van der Waals surface area contributed by atoms with Crippen LogP contribution in [-0.2, 0) is 7.05 Å². The number of halogens is 1. The van der Waals surface area contributed by atoms with E-state index in [1.807, 2.05) is 43.6 Å². The Hall–Kier alpha value is -2.68. The van der Waals surface area contributed by atoms with Gasteiger partial charge in [0.2, 0.25) is 0 Å². The Bertz CT molecular complexity index is 1240. The molecule has 0 fully saturated rings. The number of thioether (sulfide) groups is 1. The number of nitrogen functional groups attached to an aromatic ring is 1. The second-order valence-corrected chi connectivity index (χ2v) is 8.89. The molecule has 0 aliphatic carbocycles. The molecule has 4 aromatic rings. The maximum atomic E-state index is 6.57. The number of aromatic nitrogens is 5. The fraction of sp³-hybridized carbons (Fsp3) is 0.304. The molecule has 0 spiro atoms. The topological polar surface area (TPSA) is 85.8 Å². The van der Waals surface area contributed by atoms with E-state index in [1.54, 1.807) is 22.6 Å². The van der Waals surface area contributed by atoms with Gasteiger partial charge in [0.1, 0.15) is 16.4 Å². The SMILES string of the molecule is CCN(CC)CCSc1nc(-c2cc(Cl)c3ncccc3c2)c(-c2ccn(C)n2)nc1N. The summed E-state index contributed by atoms with van der Waals surface area (Å²) in [5, 5.41) is 6.76. The number of anilines is 1. The van der Waals surface area contributed by atoms with Crippen molar-refractivity contribution < 1.29 is 0 Å². The van der Waals surface area contributed by atoms with Gasteiger partial charge in [0.15, 0.2) is 5.82 Å². The van der Waals surface area contributed by atoms with Crippen molar-refractivity contribution in [1.29, 1.82) is 0 Å². The molecule has 1 aromatic carbocycles. The molecule has 0 amide bonds. The second-order valence-electron chi connectivity index (χ2n) is 7.39. The summed E-state index contributed by atoms with van der Waals surface area (Å²) in [5.74, 6) is 1.29. The van der Waals surface area contributed by atoms with Crippen LogP contribution >= 0.6 is 23.4 Å². The molecule has 0 unspecified atom stereocenters. The fourth-order valence-corrected chi connectivity index (χ4v) is 4.72. The number of nitrogens with zero attached hydrogens (tertiary/aromatic N) is 6. The van der Waals surface area contributed by atoms with E-state index in [2.05, 4.69) is 28.8 Å². The van der Waals surface area contributed by atoms with Gasteiger partial charge < -0.3 is 10.6 Å². The summed E-state index contributed by atoms with van der Waals surface area (Å²) >= 11 is 8.19. The number of nitrogens with two attached hydrogens (primary N) is 1. The second kappa shape index (κ2) is 9.85. The number of pyridine rings is 1. The molecule has 0 saturated carbocycles.